The Morgan fingerprint density at radius 2 is 2.12 bits per heavy atom. The molecule has 2 rings (SSSR count). The van der Waals surface area contributed by atoms with Crippen molar-refractivity contribution in [3.05, 3.63) is 0 Å². The molecule has 2 atom stereocenters. The number of hydrogen-bond donors (Lipinski definition) is 1. The predicted octanol–water partition coefficient (Wildman–Crippen LogP) is 2.50. The van der Waals surface area contributed by atoms with Gasteiger partial charge in [0, 0.05) is 38.5 Å². The molecule has 1 aliphatic heterocycles. The minimum atomic E-state index is -2.41. The quantitative estimate of drug-likeness (QED) is 0.805. The van der Waals surface area contributed by atoms with Crippen molar-refractivity contribution in [2.75, 3.05) is 26.2 Å². The van der Waals surface area contributed by atoms with Gasteiger partial charge in [-0.3, -0.25) is 4.90 Å². The zero-order valence-electron chi connectivity index (χ0n) is 10.7. The van der Waals surface area contributed by atoms with Crippen LogP contribution in [0.1, 0.15) is 39.0 Å². The standard InChI is InChI=1S/C13H24F2N2/c1-11-4-6-16-7-8-17(11)10-12-3-2-5-13(14,15)9-12/h11-12,16H,2-10H2,1H3. The lowest BCUT2D eigenvalue weighted by Gasteiger charge is -2.35. The van der Waals surface area contributed by atoms with Crippen LogP contribution >= 0.6 is 0 Å². The van der Waals surface area contributed by atoms with Gasteiger partial charge in [0.05, 0.1) is 0 Å². The molecule has 2 fully saturated rings. The molecule has 1 saturated heterocycles. The SMILES string of the molecule is CC1CCNCCN1CC1CCCC(F)(F)C1. The third kappa shape index (κ3) is 3.88. The lowest BCUT2D eigenvalue weighted by atomic mass is 9.86. The van der Waals surface area contributed by atoms with Gasteiger partial charge in [0.1, 0.15) is 0 Å². The Kier molecular flexibility index (Phi) is 4.36. The first-order valence-electron chi connectivity index (χ1n) is 6.89. The second kappa shape index (κ2) is 5.61. The van der Waals surface area contributed by atoms with E-state index in [0.29, 0.717) is 12.5 Å². The molecule has 2 aliphatic rings. The van der Waals surface area contributed by atoms with E-state index in [1.54, 1.807) is 0 Å². The normalized spacial score (nSPS) is 35.5. The van der Waals surface area contributed by atoms with Crippen molar-refractivity contribution in [1.82, 2.24) is 10.2 Å². The van der Waals surface area contributed by atoms with Crippen LogP contribution in [0.2, 0.25) is 0 Å². The van der Waals surface area contributed by atoms with Crippen LogP contribution in [0, 0.1) is 5.92 Å². The Hall–Kier alpha value is -0.220. The van der Waals surface area contributed by atoms with E-state index >= 15 is 0 Å². The molecule has 1 heterocycles. The van der Waals surface area contributed by atoms with Crippen LogP contribution in [-0.2, 0) is 0 Å². The van der Waals surface area contributed by atoms with E-state index in [-0.39, 0.29) is 18.8 Å². The molecule has 0 bridgehead atoms. The van der Waals surface area contributed by atoms with Gasteiger partial charge in [-0.05, 0) is 38.6 Å². The van der Waals surface area contributed by atoms with Crippen LogP contribution in [0.3, 0.4) is 0 Å². The number of nitrogens with one attached hydrogen (secondary N) is 1. The largest absolute Gasteiger partial charge is 0.315 e. The van der Waals surface area contributed by atoms with Gasteiger partial charge in [0.15, 0.2) is 0 Å². The highest BCUT2D eigenvalue weighted by molar-refractivity contribution is 4.83. The Labute approximate surface area is 103 Å². The lowest BCUT2D eigenvalue weighted by molar-refractivity contribution is -0.0580. The number of nitrogens with zero attached hydrogens (tertiary/aromatic N) is 1. The summed E-state index contributed by atoms with van der Waals surface area (Å²) in [6, 6.07) is 0.528. The summed E-state index contributed by atoms with van der Waals surface area (Å²) >= 11 is 0. The maximum Gasteiger partial charge on any atom is 0.248 e. The highest BCUT2D eigenvalue weighted by atomic mass is 19.3. The van der Waals surface area contributed by atoms with Gasteiger partial charge in [-0.25, -0.2) is 8.78 Å². The van der Waals surface area contributed by atoms with E-state index in [1.165, 1.54) is 0 Å². The van der Waals surface area contributed by atoms with E-state index in [9.17, 15) is 8.78 Å². The number of rotatable bonds is 2. The molecule has 2 nitrogen and oxygen atoms in total. The summed E-state index contributed by atoms with van der Waals surface area (Å²) in [5.74, 6) is -2.21. The molecular weight excluding hydrogens is 222 g/mol. The minimum absolute atomic E-state index is 0.0978. The van der Waals surface area contributed by atoms with Gasteiger partial charge in [-0.2, -0.15) is 0 Å². The van der Waals surface area contributed by atoms with Crippen LogP contribution in [0.4, 0.5) is 8.78 Å². The topological polar surface area (TPSA) is 15.3 Å². The minimum Gasteiger partial charge on any atom is -0.315 e. The summed E-state index contributed by atoms with van der Waals surface area (Å²) in [5, 5.41) is 3.37. The highest BCUT2D eigenvalue weighted by Gasteiger charge is 2.37. The van der Waals surface area contributed by atoms with E-state index in [0.717, 1.165) is 39.0 Å². The fourth-order valence-electron chi connectivity index (χ4n) is 3.10. The van der Waals surface area contributed by atoms with Crippen LogP contribution in [0.5, 0.6) is 0 Å². The molecule has 1 saturated carbocycles. The first kappa shape index (κ1) is 13.2. The van der Waals surface area contributed by atoms with Gasteiger partial charge < -0.3 is 5.32 Å². The third-order valence-electron chi connectivity index (χ3n) is 4.17. The maximum atomic E-state index is 13.4. The molecular formula is C13H24F2N2. The lowest BCUT2D eigenvalue weighted by Crippen LogP contribution is -2.40. The van der Waals surface area contributed by atoms with Crippen LogP contribution < -0.4 is 5.32 Å². The molecule has 1 aliphatic carbocycles. The number of halogens is 2. The Balaban J connectivity index is 1.86. The van der Waals surface area contributed by atoms with Crippen LogP contribution in [0.15, 0.2) is 0 Å². The van der Waals surface area contributed by atoms with Gasteiger partial charge in [-0.15, -0.1) is 0 Å². The van der Waals surface area contributed by atoms with E-state index in [1.807, 2.05) is 0 Å². The summed E-state index contributed by atoms with van der Waals surface area (Å²) < 4.78 is 26.7. The van der Waals surface area contributed by atoms with Crippen molar-refractivity contribution in [2.45, 2.75) is 51.0 Å². The van der Waals surface area contributed by atoms with Crippen molar-refractivity contribution < 1.29 is 8.78 Å². The Morgan fingerprint density at radius 3 is 2.88 bits per heavy atom. The first-order valence-corrected chi connectivity index (χ1v) is 6.89. The second-order valence-electron chi connectivity index (χ2n) is 5.70. The Morgan fingerprint density at radius 1 is 1.29 bits per heavy atom. The van der Waals surface area contributed by atoms with Crippen molar-refractivity contribution in [2.24, 2.45) is 5.92 Å². The number of alkyl halides is 2. The van der Waals surface area contributed by atoms with Crippen molar-refractivity contribution >= 4 is 0 Å². The summed E-state index contributed by atoms with van der Waals surface area (Å²) in [7, 11) is 0. The molecule has 0 aromatic carbocycles. The molecule has 100 valence electrons. The van der Waals surface area contributed by atoms with E-state index in [2.05, 4.69) is 17.1 Å². The third-order valence-corrected chi connectivity index (χ3v) is 4.17. The molecule has 1 N–H and O–H groups in total. The van der Waals surface area contributed by atoms with E-state index in [4.69, 9.17) is 0 Å². The fourth-order valence-corrected chi connectivity index (χ4v) is 3.10. The van der Waals surface area contributed by atoms with Gasteiger partial charge in [0.2, 0.25) is 5.92 Å². The van der Waals surface area contributed by atoms with E-state index < -0.39 is 5.92 Å². The van der Waals surface area contributed by atoms with Gasteiger partial charge in [0.25, 0.3) is 0 Å². The fraction of sp³-hybridized carbons (Fsp3) is 1.00. The molecule has 0 amide bonds. The molecule has 4 heteroatoms. The molecule has 0 aromatic rings. The Bertz CT molecular complexity index is 246. The molecule has 0 aromatic heterocycles. The van der Waals surface area contributed by atoms with Gasteiger partial charge in [-0.1, -0.05) is 0 Å². The average Bonchev–Trinajstić information content (AvgIpc) is 2.43. The van der Waals surface area contributed by atoms with Crippen molar-refractivity contribution in [1.29, 1.82) is 0 Å². The monoisotopic (exact) mass is 246 g/mol. The first-order chi connectivity index (χ1) is 8.07. The van der Waals surface area contributed by atoms with Gasteiger partial charge >= 0.3 is 0 Å². The summed E-state index contributed by atoms with van der Waals surface area (Å²) in [6.45, 7) is 6.13. The van der Waals surface area contributed by atoms with Crippen LogP contribution in [0.25, 0.3) is 0 Å². The predicted molar refractivity (Wildman–Crippen MR) is 65.4 cm³/mol. The highest BCUT2D eigenvalue weighted by Crippen LogP contribution is 2.37. The van der Waals surface area contributed by atoms with Crippen LogP contribution in [-0.4, -0.2) is 43.0 Å². The second-order valence-corrected chi connectivity index (χ2v) is 5.70. The van der Waals surface area contributed by atoms with Crippen molar-refractivity contribution in [3.8, 4) is 0 Å². The average molecular weight is 246 g/mol. The molecule has 0 spiro atoms. The zero-order valence-corrected chi connectivity index (χ0v) is 10.7. The number of hydrogen-bond acceptors (Lipinski definition) is 2. The summed E-state index contributed by atoms with van der Waals surface area (Å²) in [6.07, 6.45) is 3.00. The maximum absolute atomic E-state index is 13.4. The molecule has 17 heavy (non-hydrogen) atoms. The molecule has 0 radical (unpaired) electrons. The smallest absolute Gasteiger partial charge is 0.248 e. The zero-order chi connectivity index (χ0) is 12.3. The summed E-state index contributed by atoms with van der Waals surface area (Å²) in [5.41, 5.74) is 0. The van der Waals surface area contributed by atoms with Crippen molar-refractivity contribution in [3.63, 3.8) is 0 Å². The summed E-state index contributed by atoms with van der Waals surface area (Å²) in [4.78, 5) is 2.39. The molecule has 2 unspecified atom stereocenters.